The summed E-state index contributed by atoms with van der Waals surface area (Å²) in [5, 5.41) is 30.0. The summed E-state index contributed by atoms with van der Waals surface area (Å²) in [5.74, 6) is -2.68. The van der Waals surface area contributed by atoms with Crippen molar-refractivity contribution < 1.29 is 29.1 Å². The highest BCUT2D eigenvalue weighted by atomic mass is 32.2. The van der Waals surface area contributed by atoms with Gasteiger partial charge < -0.3 is 21.1 Å². The monoisotopic (exact) mass is 720 g/mol. The van der Waals surface area contributed by atoms with Gasteiger partial charge in [-0.25, -0.2) is 14.4 Å². The number of aryl methyl sites for hydroxylation is 1. The Balaban J connectivity index is 1.37. The third kappa shape index (κ3) is 7.59. The molecule has 0 spiro atoms. The summed E-state index contributed by atoms with van der Waals surface area (Å²) in [7, 11) is 1.74. The van der Waals surface area contributed by atoms with E-state index in [1.165, 1.54) is 15.8 Å². The third-order valence-electron chi connectivity index (χ3n) is 10.3. The summed E-state index contributed by atoms with van der Waals surface area (Å²) < 4.78 is 3.10. The van der Waals surface area contributed by atoms with E-state index < -0.39 is 52.6 Å². The number of ketones is 1. The van der Waals surface area contributed by atoms with Gasteiger partial charge >= 0.3 is 0 Å². The molecule has 2 atom stereocenters. The summed E-state index contributed by atoms with van der Waals surface area (Å²) in [6, 6.07) is 3.19. The number of Topliss-reactive ketones (excluding diaryl/α,β-unsaturated/α-hetero) is 1. The van der Waals surface area contributed by atoms with E-state index in [9.17, 15) is 29.1 Å². The number of nitrogens with two attached hydrogens (primary N) is 1. The molecule has 0 bridgehead atoms. The van der Waals surface area contributed by atoms with Crippen molar-refractivity contribution in [1.82, 2.24) is 40.2 Å². The van der Waals surface area contributed by atoms with Gasteiger partial charge in [-0.2, -0.15) is 11.8 Å². The molecule has 2 aromatic heterocycles. The smallest absolute Gasteiger partial charge is 0.287 e. The van der Waals surface area contributed by atoms with Crippen LogP contribution in [-0.2, 0) is 31.8 Å². The highest BCUT2D eigenvalue weighted by molar-refractivity contribution is 7.99. The Hall–Kier alpha value is -4.51. The van der Waals surface area contributed by atoms with Crippen molar-refractivity contribution >= 4 is 57.9 Å². The van der Waals surface area contributed by atoms with Crippen molar-refractivity contribution in [2.24, 2.45) is 23.7 Å². The molecule has 17 heteroatoms. The molecular formula is C34H44N10O6S. The second-order valence-corrected chi connectivity index (χ2v) is 15.6. The van der Waals surface area contributed by atoms with Gasteiger partial charge in [-0.05, 0) is 68.7 Å². The maximum atomic E-state index is 14.7. The molecule has 4 heterocycles. The first-order valence-corrected chi connectivity index (χ1v) is 18.5. The van der Waals surface area contributed by atoms with Crippen molar-refractivity contribution in [2.75, 3.05) is 18.1 Å². The molecule has 3 fully saturated rings. The summed E-state index contributed by atoms with van der Waals surface area (Å²) in [6.07, 6.45) is 7.00. The van der Waals surface area contributed by atoms with Gasteiger partial charge in [0, 0.05) is 25.6 Å². The maximum absolute atomic E-state index is 14.7. The lowest BCUT2D eigenvalue weighted by Gasteiger charge is -2.37. The van der Waals surface area contributed by atoms with Crippen LogP contribution in [0.2, 0.25) is 0 Å². The average Bonchev–Trinajstić information content (AvgIpc) is 3.87. The number of benzene rings is 1. The first-order chi connectivity index (χ1) is 24.3. The molecule has 2 saturated heterocycles. The number of carbonyl (C=O) groups excluding carboxylic acids is 5. The second-order valence-electron chi connectivity index (χ2n) is 14.4. The number of primary amides is 1. The van der Waals surface area contributed by atoms with Crippen molar-refractivity contribution in [3.63, 3.8) is 0 Å². The predicted octanol–water partition coefficient (Wildman–Crippen LogP) is 1.62. The molecular weight excluding hydrogens is 677 g/mol. The first kappa shape index (κ1) is 36.3. The van der Waals surface area contributed by atoms with E-state index in [4.69, 9.17) is 5.73 Å². The van der Waals surface area contributed by atoms with E-state index in [0.717, 1.165) is 37.6 Å². The van der Waals surface area contributed by atoms with Crippen molar-refractivity contribution in [3.8, 4) is 0 Å². The zero-order valence-corrected chi connectivity index (χ0v) is 29.9. The molecule has 16 nitrogen and oxygen atoms in total. The zero-order chi connectivity index (χ0) is 36.5. The van der Waals surface area contributed by atoms with Gasteiger partial charge in [-0.3, -0.25) is 24.0 Å². The largest absolute Gasteiger partial charge is 0.384 e. The Labute approximate surface area is 299 Å². The number of carbonyl (C=O) groups is 5. The SMILES string of the molecule is Cn1nnc2cc(C(=O)N=C(CC3CCCCC3)C(=O)N3C[C@@H](n4nncc4C(C)(C)O)C[C@H]3C(=O)NC3(C(=O)C(N)=O)CCSCC3)ccc21. The third-order valence-corrected chi connectivity index (χ3v) is 11.3. The van der Waals surface area contributed by atoms with Gasteiger partial charge in [0.05, 0.1) is 23.4 Å². The molecule has 1 aromatic carbocycles. The van der Waals surface area contributed by atoms with Crippen molar-refractivity contribution in [3.05, 3.63) is 35.7 Å². The number of hydrogen-bond acceptors (Lipinski definition) is 11. The molecule has 0 radical (unpaired) electrons. The number of nitrogens with one attached hydrogen (secondary N) is 1. The lowest BCUT2D eigenvalue weighted by Crippen LogP contribution is -2.63. The number of rotatable bonds is 10. The predicted molar refractivity (Wildman–Crippen MR) is 188 cm³/mol. The van der Waals surface area contributed by atoms with Gasteiger partial charge in [-0.15, -0.1) is 10.2 Å². The van der Waals surface area contributed by atoms with E-state index in [0.29, 0.717) is 22.7 Å². The zero-order valence-electron chi connectivity index (χ0n) is 29.1. The quantitative estimate of drug-likeness (QED) is 0.202. The normalized spacial score (nSPS) is 21.5. The Morgan fingerprint density at radius 2 is 1.82 bits per heavy atom. The van der Waals surface area contributed by atoms with Crippen LogP contribution in [-0.4, -0.2) is 105 Å². The number of aliphatic hydroxyl groups is 1. The van der Waals surface area contributed by atoms with Crippen molar-refractivity contribution in [1.29, 1.82) is 0 Å². The van der Waals surface area contributed by atoms with E-state index in [2.05, 4.69) is 30.9 Å². The molecule has 1 saturated carbocycles. The minimum absolute atomic E-state index is 0.0145. The van der Waals surface area contributed by atoms with Crippen LogP contribution in [0.5, 0.6) is 0 Å². The highest BCUT2D eigenvalue weighted by Gasteiger charge is 2.49. The topological polar surface area (TPSA) is 221 Å². The van der Waals surface area contributed by atoms with Crippen LogP contribution < -0.4 is 11.1 Å². The number of amides is 4. The number of likely N-dealkylation sites (tertiary alicyclic amines) is 1. The van der Waals surface area contributed by atoms with Crippen LogP contribution in [0.25, 0.3) is 11.0 Å². The summed E-state index contributed by atoms with van der Waals surface area (Å²) in [5.41, 5.74) is 4.51. The van der Waals surface area contributed by atoms with E-state index in [1.54, 1.807) is 55.5 Å². The first-order valence-electron chi connectivity index (χ1n) is 17.4. The number of aromatic nitrogens is 6. The molecule has 4 amide bonds. The van der Waals surface area contributed by atoms with E-state index in [1.807, 2.05) is 0 Å². The number of hydrogen-bond donors (Lipinski definition) is 3. The lowest BCUT2D eigenvalue weighted by molar-refractivity contribution is -0.143. The number of fused-ring (bicyclic) bond motifs is 1. The molecule has 1 aliphatic carbocycles. The highest BCUT2D eigenvalue weighted by Crippen LogP contribution is 2.35. The molecule has 4 N–H and O–H groups in total. The summed E-state index contributed by atoms with van der Waals surface area (Å²) in [4.78, 5) is 73.8. The molecule has 6 rings (SSSR count). The van der Waals surface area contributed by atoms with Crippen LogP contribution in [0.15, 0.2) is 29.4 Å². The van der Waals surface area contributed by atoms with Crippen LogP contribution in [0.1, 0.15) is 93.7 Å². The Morgan fingerprint density at radius 1 is 1.10 bits per heavy atom. The fraction of sp³-hybridized carbons (Fsp3) is 0.588. The Morgan fingerprint density at radius 3 is 2.51 bits per heavy atom. The number of aliphatic imine (C=N–C) groups is 1. The van der Waals surface area contributed by atoms with E-state index in [-0.39, 0.29) is 49.4 Å². The number of nitrogens with zero attached hydrogens (tertiary/aromatic N) is 8. The molecule has 272 valence electrons. The Kier molecular flexibility index (Phi) is 10.4. The van der Waals surface area contributed by atoms with Crippen LogP contribution in [0.3, 0.4) is 0 Å². The lowest BCUT2D eigenvalue weighted by atomic mass is 9.85. The molecule has 3 aromatic rings. The minimum atomic E-state index is -1.50. The Bertz CT molecular complexity index is 1870. The molecule has 51 heavy (non-hydrogen) atoms. The van der Waals surface area contributed by atoms with Gasteiger partial charge in [0.25, 0.3) is 17.7 Å². The second kappa shape index (κ2) is 14.6. The van der Waals surface area contributed by atoms with Crippen LogP contribution >= 0.6 is 11.8 Å². The fourth-order valence-electron chi connectivity index (χ4n) is 7.47. The van der Waals surface area contributed by atoms with Gasteiger partial charge in [-0.1, -0.05) is 42.5 Å². The van der Waals surface area contributed by atoms with Gasteiger partial charge in [0.1, 0.15) is 28.4 Å². The summed E-state index contributed by atoms with van der Waals surface area (Å²) >= 11 is 1.60. The van der Waals surface area contributed by atoms with Crippen LogP contribution in [0.4, 0.5) is 0 Å². The maximum Gasteiger partial charge on any atom is 0.287 e. The van der Waals surface area contributed by atoms with Gasteiger partial charge in [0.15, 0.2) is 0 Å². The van der Waals surface area contributed by atoms with E-state index >= 15 is 0 Å². The summed E-state index contributed by atoms with van der Waals surface area (Å²) in [6.45, 7) is 3.16. The average molecular weight is 721 g/mol. The molecule has 3 aliphatic rings. The molecule has 2 aliphatic heterocycles. The van der Waals surface area contributed by atoms with Crippen molar-refractivity contribution in [2.45, 2.75) is 94.9 Å². The molecule has 0 unspecified atom stereocenters. The van der Waals surface area contributed by atoms with Gasteiger partial charge in [0.2, 0.25) is 11.7 Å². The minimum Gasteiger partial charge on any atom is -0.384 e. The standard InChI is InChI=1S/C34H44N10O6S/c1-33(2,50)27-18-36-40-44(27)22-17-26(31(48)38-34(28(45)29(35)46)11-13-51-14-12-34)43(19-22)32(49)24(15-20-7-5-4-6-8-20)37-30(47)21-9-10-25-23(16-21)39-41-42(25)3/h9-10,16,18,20,22,26,50H,4-8,11-15,17,19H2,1-3H3,(H2,35,46)(H,38,48)/t22-,26-/m0/s1. The van der Waals surface area contributed by atoms with Crippen LogP contribution in [0, 0.1) is 5.92 Å². The fourth-order valence-corrected chi connectivity index (χ4v) is 8.66. The number of thioether (sulfide) groups is 1.